The molecule has 3 aromatic rings. The van der Waals surface area contributed by atoms with Gasteiger partial charge in [0, 0.05) is 22.2 Å². The molecule has 22 heavy (non-hydrogen) atoms. The predicted molar refractivity (Wildman–Crippen MR) is 86.1 cm³/mol. The Bertz CT molecular complexity index is 860. The standard InChI is InChI=1S/C18H18N2O2/c1-22-18(21)15-10-13-12-8-4-5-9-14(12)19-17(13)16(20-15)11-6-2-3-7-11/h4-5,8-11,19H,2-3,6-7H2,1H3. The maximum absolute atomic E-state index is 12.0. The van der Waals surface area contributed by atoms with Crippen molar-refractivity contribution in [2.75, 3.05) is 7.11 Å². The zero-order chi connectivity index (χ0) is 15.1. The molecule has 1 aliphatic rings. The molecule has 0 unspecified atom stereocenters. The number of hydrogen-bond donors (Lipinski definition) is 1. The molecule has 4 rings (SSSR count). The van der Waals surface area contributed by atoms with Gasteiger partial charge in [0.05, 0.1) is 18.3 Å². The molecule has 1 aromatic carbocycles. The van der Waals surface area contributed by atoms with Crippen LogP contribution in [-0.2, 0) is 4.74 Å². The van der Waals surface area contributed by atoms with Crippen LogP contribution < -0.4 is 0 Å². The molecule has 1 saturated carbocycles. The number of hydrogen-bond acceptors (Lipinski definition) is 3. The quantitative estimate of drug-likeness (QED) is 0.722. The van der Waals surface area contributed by atoms with Crippen molar-refractivity contribution in [2.45, 2.75) is 31.6 Å². The summed E-state index contributed by atoms with van der Waals surface area (Å²) in [5.41, 5.74) is 3.58. The number of benzene rings is 1. The SMILES string of the molecule is COC(=O)c1cc2c([nH]c3ccccc32)c(C2CCCC2)n1. The van der Waals surface area contributed by atoms with Gasteiger partial charge in [0.15, 0.2) is 0 Å². The lowest BCUT2D eigenvalue weighted by Crippen LogP contribution is -2.08. The van der Waals surface area contributed by atoms with Crippen molar-refractivity contribution in [1.29, 1.82) is 0 Å². The Morgan fingerprint density at radius 2 is 2.00 bits per heavy atom. The number of carbonyl (C=O) groups is 1. The van der Waals surface area contributed by atoms with Gasteiger partial charge in [0.2, 0.25) is 0 Å². The molecule has 0 bridgehead atoms. The average Bonchev–Trinajstić information content (AvgIpc) is 3.20. The van der Waals surface area contributed by atoms with Gasteiger partial charge in [-0.25, -0.2) is 9.78 Å². The first kappa shape index (κ1) is 13.3. The number of nitrogens with one attached hydrogen (secondary N) is 1. The molecule has 1 N–H and O–H groups in total. The smallest absolute Gasteiger partial charge is 0.356 e. The van der Waals surface area contributed by atoms with Crippen LogP contribution in [0.25, 0.3) is 21.8 Å². The van der Waals surface area contributed by atoms with E-state index in [1.54, 1.807) is 0 Å². The first-order valence-electron chi connectivity index (χ1n) is 7.77. The average molecular weight is 294 g/mol. The molecule has 0 spiro atoms. The number of esters is 1. The molecule has 112 valence electrons. The van der Waals surface area contributed by atoms with Crippen LogP contribution >= 0.6 is 0 Å². The van der Waals surface area contributed by atoms with Crippen LogP contribution in [0.3, 0.4) is 0 Å². The summed E-state index contributed by atoms with van der Waals surface area (Å²) in [6, 6.07) is 10.0. The monoisotopic (exact) mass is 294 g/mol. The zero-order valence-corrected chi connectivity index (χ0v) is 12.6. The third kappa shape index (κ3) is 1.98. The van der Waals surface area contributed by atoms with E-state index in [4.69, 9.17) is 4.74 Å². The summed E-state index contributed by atoms with van der Waals surface area (Å²) in [7, 11) is 1.40. The van der Waals surface area contributed by atoms with Crippen molar-refractivity contribution in [3.63, 3.8) is 0 Å². The maximum atomic E-state index is 12.0. The predicted octanol–water partition coefficient (Wildman–Crippen LogP) is 4.16. The fourth-order valence-corrected chi connectivity index (χ4v) is 3.57. The van der Waals surface area contributed by atoms with E-state index >= 15 is 0 Å². The molecule has 2 heterocycles. The highest BCUT2D eigenvalue weighted by Gasteiger charge is 2.24. The Morgan fingerprint density at radius 1 is 1.23 bits per heavy atom. The summed E-state index contributed by atoms with van der Waals surface area (Å²) in [5, 5.41) is 2.19. The minimum Gasteiger partial charge on any atom is -0.464 e. The lowest BCUT2D eigenvalue weighted by Gasteiger charge is -2.11. The second kappa shape index (κ2) is 5.13. The molecule has 0 amide bonds. The van der Waals surface area contributed by atoms with Crippen LogP contribution in [0.1, 0.15) is 47.8 Å². The van der Waals surface area contributed by atoms with E-state index in [9.17, 15) is 4.79 Å². The number of para-hydroxylation sites is 1. The lowest BCUT2D eigenvalue weighted by molar-refractivity contribution is 0.0594. The van der Waals surface area contributed by atoms with Crippen LogP contribution in [-0.4, -0.2) is 23.0 Å². The molecule has 1 fully saturated rings. The fraction of sp³-hybridized carbons (Fsp3) is 0.333. The zero-order valence-electron chi connectivity index (χ0n) is 12.6. The molecular formula is C18H18N2O2. The van der Waals surface area contributed by atoms with Gasteiger partial charge in [-0.15, -0.1) is 0 Å². The summed E-state index contributed by atoms with van der Waals surface area (Å²) in [6.07, 6.45) is 4.75. The van der Waals surface area contributed by atoms with E-state index in [0.717, 1.165) is 40.3 Å². The number of rotatable bonds is 2. The highest BCUT2D eigenvalue weighted by molar-refractivity contribution is 6.09. The van der Waals surface area contributed by atoms with Crippen molar-refractivity contribution in [3.8, 4) is 0 Å². The largest absolute Gasteiger partial charge is 0.464 e. The number of carbonyl (C=O) groups excluding carboxylic acids is 1. The third-order valence-corrected chi connectivity index (χ3v) is 4.66. The third-order valence-electron chi connectivity index (χ3n) is 4.66. The summed E-state index contributed by atoms with van der Waals surface area (Å²) >= 11 is 0. The molecule has 0 atom stereocenters. The van der Waals surface area contributed by atoms with E-state index in [-0.39, 0.29) is 5.97 Å². The van der Waals surface area contributed by atoms with Gasteiger partial charge in [-0.1, -0.05) is 31.0 Å². The van der Waals surface area contributed by atoms with Gasteiger partial charge in [-0.3, -0.25) is 0 Å². The Kier molecular flexibility index (Phi) is 3.10. The number of methoxy groups -OCH3 is 1. The molecule has 4 heteroatoms. The summed E-state index contributed by atoms with van der Waals surface area (Å²) in [4.78, 5) is 20.1. The number of H-pyrrole nitrogens is 1. The number of fused-ring (bicyclic) bond motifs is 3. The molecule has 1 aliphatic carbocycles. The van der Waals surface area contributed by atoms with Crippen LogP contribution in [0.5, 0.6) is 0 Å². The van der Waals surface area contributed by atoms with E-state index in [1.807, 2.05) is 18.2 Å². The fourth-order valence-electron chi connectivity index (χ4n) is 3.57. The Hall–Kier alpha value is -2.36. The van der Waals surface area contributed by atoms with Crippen LogP contribution in [0.15, 0.2) is 30.3 Å². The van der Waals surface area contributed by atoms with Gasteiger partial charge in [-0.2, -0.15) is 0 Å². The van der Waals surface area contributed by atoms with Crippen LogP contribution in [0.4, 0.5) is 0 Å². The minimum atomic E-state index is -0.369. The highest BCUT2D eigenvalue weighted by Crippen LogP contribution is 2.38. The number of pyridine rings is 1. The van der Waals surface area contributed by atoms with Crippen molar-refractivity contribution < 1.29 is 9.53 Å². The van der Waals surface area contributed by atoms with Gasteiger partial charge in [-0.05, 0) is 25.0 Å². The van der Waals surface area contributed by atoms with Crippen LogP contribution in [0, 0.1) is 0 Å². The van der Waals surface area contributed by atoms with Gasteiger partial charge < -0.3 is 9.72 Å². The minimum absolute atomic E-state index is 0.369. The van der Waals surface area contributed by atoms with Crippen molar-refractivity contribution in [2.24, 2.45) is 0 Å². The molecule has 0 radical (unpaired) electrons. The van der Waals surface area contributed by atoms with Gasteiger partial charge in [0.1, 0.15) is 5.69 Å². The van der Waals surface area contributed by atoms with Crippen molar-refractivity contribution in [3.05, 3.63) is 41.7 Å². The Morgan fingerprint density at radius 3 is 2.77 bits per heavy atom. The maximum Gasteiger partial charge on any atom is 0.356 e. The topological polar surface area (TPSA) is 55.0 Å². The summed E-state index contributed by atoms with van der Waals surface area (Å²) < 4.78 is 4.88. The second-order valence-corrected chi connectivity index (χ2v) is 5.96. The Labute approximate surface area is 128 Å². The van der Waals surface area contributed by atoms with E-state index in [2.05, 4.69) is 22.1 Å². The van der Waals surface area contributed by atoms with Crippen molar-refractivity contribution in [1.82, 2.24) is 9.97 Å². The van der Waals surface area contributed by atoms with E-state index in [1.165, 1.54) is 20.0 Å². The number of nitrogens with zero attached hydrogens (tertiary/aromatic N) is 1. The summed E-state index contributed by atoms with van der Waals surface area (Å²) in [6.45, 7) is 0. The number of aromatic nitrogens is 2. The highest BCUT2D eigenvalue weighted by atomic mass is 16.5. The molecule has 2 aromatic heterocycles. The Balaban J connectivity index is 2.03. The first-order chi connectivity index (χ1) is 10.8. The van der Waals surface area contributed by atoms with Crippen LogP contribution in [0.2, 0.25) is 0 Å². The molecule has 4 nitrogen and oxygen atoms in total. The molecule has 0 aliphatic heterocycles. The first-order valence-corrected chi connectivity index (χ1v) is 7.77. The number of ether oxygens (including phenoxy) is 1. The van der Waals surface area contributed by atoms with Crippen molar-refractivity contribution >= 4 is 27.8 Å². The molecular weight excluding hydrogens is 276 g/mol. The van der Waals surface area contributed by atoms with Gasteiger partial charge >= 0.3 is 5.97 Å². The van der Waals surface area contributed by atoms with E-state index < -0.39 is 0 Å². The lowest BCUT2D eigenvalue weighted by atomic mass is 10.00. The second-order valence-electron chi connectivity index (χ2n) is 5.96. The molecule has 0 saturated heterocycles. The van der Waals surface area contributed by atoms with Gasteiger partial charge in [0.25, 0.3) is 0 Å². The summed E-state index contributed by atoms with van der Waals surface area (Å²) in [5.74, 6) is 0.0617. The number of aromatic amines is 1. The normalized spacial score (nSPS) is 15.7. The van der Waals surface area contributed by atoms with E-state index in [0.29, 0.717) is 11.6 Å².